The molecule has 0 bridgehead atoms. The number of benzene rings is 1. The predicted octanol–water partition coefficient (Wildman–Crippen LogP) is 3.14. The lowest BCUT2D eigenvalue weighted by Gasteiger charge is -2.33. The molecule has 5 nitrogen and oxygen atoms in total. The number of imidazole rings is 1. The molecule has 1 amide bonds. The molecule has 2 aromatic rings. The summed E-state index contributed by atoms with van der Waals surface area (Å²) in [6, 6.07) is 10.3. The van der Waals surface area contributed by atoms with Crippen LogP contribution in [0.15, 0.2) is 30.3 Å². The summed E-state index contributed by atoms with van der Waals surface area (Å²) in [6.07, 6.45) is 4.40. The number of aromatic nitrogens is 2. The van der Waals surface area contributed by atoms with E-state index in [4.69, 9.17) is 9.72 Å². The van der Waals surface area contributed by atoms with Crippen LogP contribution < -0.4 is 0 Å². The number of hydrogen-bond donors (Lipinski definition) is 0. The van der Waals surface area contributed by atoms with Crippen molar-refractivity contribution in [3.63, 3.8) is 0 Å². The zero-order valence-electron chi connectivity index (χ0n) is 14.8. The van der Waals surface area contributed by atoms with E-state index in [-0.39, 0.29) is 11.9 Å². The van der Waals surface area contributed by atoms with Crippen molar-refractivity contribution in [2.75, 3.05) is 19.8 Å². The Labute approximate surface area is 148 Å². The molecule has 1 atom stereocenters. The standard InChI is InChI=1S/C20H25N3O2/c1-15-14-25-13-12-22(15)20(24)18-17-10-6-3-7-11-23(17)19(21-18)16-8-4-2-5-9-16/h2,4-5,8-9,15H,3,6-7,10-14H2,1H3. The Morgan fingerprint density at radius 1 is 1.16 bits per heavy atom. The van der Waals surface area contributed by atoms with Gasteiger partial charge in [0, 0.05) is 18.7 Å². The van der Waals surface area contributed by atoms with Gasteiger partial charge in [-0.1, -0.05) is 36.8 Å². The highest BCUT2D eigenvalue weighted by molar-refractivity contribution is 5.94. The minimum atomic E-state index is 0.0589. The van der Waals surface area contributed by atoms with E-state index < -0.39 is 0 Å². The normalized spacial score (nSPS) is 20.8. The first kappa shape index (κ1) is 16.3. The summed E-state index contributed by atoms with van der Waals surface area (Å²) in [4.78, 5) is 20.0. The van der Waals surface area contributed by atoms with Crippen LogP contribution in [0.3, 0.4) is 0 Å². The third kappa shape index (κ3) is 3.09. The maximum Gasteiger partial charge on any atom is 0.274 e. The van der Waals surface area contributed by atoms with Crippen molar-refractivity contribution in [3.05, 3.63) is 41.7 Å². The fourth-order valence-corrected chi connectivity index (χ4v) is 3.86. The molecule has 0 aliphatic carbocycles. The van der Waals surface area contributed by atoms with E-state index in [1.54, 1.807) is 0 Å². The largest absolute Gasteiger partial charge is 0.377 e. The molecule has 3 heterocycles. The summed E-state index contributed by atoms with van der Waals surface area (Å²) in [5.41, 5.74) is 2.84. The zero-order valence-corrected chi connectivity index (χ0v) is 14.8. The van der Waals surface area contributed by atoms with Crippen LogP contribution in [0, 0.1) is 0 Å². The van der Waals surface area contributed by atoms with E-state index in [1.165, 1.54) is 6.42 Å². The lowest BCUT2D eigenvalue weighted by atomic mass is 10.1. The van der Waals surface area contributed by atoms with E-state index >= 15 is 0 Å². The monoisotopic (exact) mass is 339 g/mol. The molecule has 0 saturated carbocycles. The fourth-order valence-electron chi connectivity index (χ4n) is 3.86. The van der Waals surface area contributed by atoms with Gasteiger partial charge in [0.25, 0.3) is 5.91 Å². The van der Waals surface area contributed by atoms with Crippen molar-refractivity contribution in [2.24, 2.45) is 0 Å². The topological polar surface area (TPSA) is 47.4 Å². The van der Waals surface area contributed by atoms with Crippen molar-refractivity contribution in [1.82, 2.24) is 14.5 Å². The lowest BCUT2D eigenvalue weighted by molar-refractivity contribution is 0.00323. The van der Waals surface area contributed by atoms with Crippen LogP contribution in [-0.4, -0.2) is 46.2 Å². The van der Waals surface area contributed by atoms with Gasteiger partial charge in [-0.15, -0.1) is 0 Å². The molecule has 5 heteroatoms. The lowest BCUT2D eigenvalue weighted by Crippen LogP contribution is -2.47. The molecule has 0 N–H and O–H groups in total. The van der Waals surface area contributed by atoms with Crippen LogP contribution in [0.5, 0.6) is 0 Å². The molecule has 0 spiro atoms. The van der Waals surface area contributed by atoms with E-state index in [1.807, 2.05) is 30.0 Å². The molecular weight excluding hydrogens is 314 g/mol. The average Bonchev–Trinajstić information content (AvgIpc) is 2.83. The van der Waals surface area contributed by atoms with Crippen molar-refractivity contribution < 1.29 is 9.53 Å². The first-order valence-electron chi connectivity index (χ1n) is 9.29. The summed E-state index contributed by atoms with van der Waals surface area (Å²) in [7, 11) is 0. The number of carbonyl (C=O) groups is 1. The summed E-state index contributed by atoms with van der Waals surface area (Å²) >= 11 is 0. The molecule has 132 valence electrons. The Morgan fingerprint density at radius 2 is 2.00 bits per heavy atom. The molecule has 4 rings (SSSR count). The molecular formula is C20H25N3O2. The number of nitrogens with zero attached hydrogens (tertiary/aromatic N) is 3. The minimum Gasteiger partial charge on any atom is -0.377 e. The van der Waals surface area contributed by atoms with E-state index in [2.05, 4.69) is 16.7 Å². The number of amides is 1. The number of morpholine rings is 1. The number of fused-ring (bicyclic) bond motifs is 1. The van der Waals surface area contributed by atoms with Gasteiger partial charge in [0.2, 0.25) is 0 Å². The molecule has 1 unspecified atom stereocenters. The maximum absolute atomic E-state index is 13.2. The van der Waals surface area contributed by atoms with Crippen LogP contribution in [0.2, 0.25) is 0 Å². The summed E-state index contributed by atoms with van der Waals surface area (Å²) in [6.45, 7) is 4.85. The van der Waals surface area contributed by atoms with Crippen LogP contribution in [0.1, 0.15) is 42.4 Å². The van der Waals surface area contributed by atoms with Gasteiger partial charge < -0.3 is 14.2 Å². The Bertz CT molecular complexity index is 754. The van der Waals surface area contributed by atoms with Crippen LogP contribution >= 0.6 is 0 Å². The molecule has 0 radical (unpaired) electrons. The Morgan fingerprint density at radius 3 is 2.80 bits per heavy atom. The molecule has 1 aromatic carbocycles. The van der Waals surface area contributed by atoms with Crippen molar-refractivity contribution >= 4 is 5.91 Å². The molecule has 25 heavy (non-hydrogen) atoms. The van der Waals surface area contributed by atoms with Gasteiger partial charge in [-0.2, -0.15) is 0 Å². The molecule has 2 aliphatic heterocycles. The maximum atomic E-state index is 13.2. The van der Waals surface area contributed by atoms with E-state index in [0.717, 1.165) is 42.9 Å². The third-order valence-corrected chi connectivity index (χ3v) is 5.23. The average molecular weight is 339 g/mol. The molecule has 2 aliphatic rings. The van der Waals surface area contributed by atoms with Gasteiger partial charge in [0.15, 0.2) is 0 Å². The summed E-state index contributed by atoms with van der Waals surface area (Å²) in [5, 5.41) is 0. The first-order valence-corrected chi connectivity index (χ1v) is 9.29. The molecule has 1 fully saturated rings. The zero-order chi connectivity index (χ0) is 17.2. The van der Waals surface area contributed by atoms with Gasteiger partial charge in [0.05, 0.1) is 24.9 Å². The third-order valence-electron chi connectivity index (χ3n) is 5.23. The van der Waals surface area contributed by atoms with E-state index in [9.17, 15) is 4.79 Å². The number of ether oxygens (including phenoxy) is 1. The first-order chi connectivity index (χ1) is 12.3. The number of carbonyl (C=O) groups excluding carboxylic acids is 1. The second-order valence-electron chi connectivity index (χ2n) is 6.98. The van der Waals surface area contributed by atoms with E-state index in [0.29, 0.717) is 25.5 Å². The molecule has 1 aromatic heterocycles. The van der Waals surface area contributed by atoms with Gasteiger partial charge in [-0.25, -0.2) is 4.98 Å². The highest BCUT2D eigenvalue weighted by Gasteiger charge is 2.31. The number of hydrogen-bond acceptors (Lipinski definition) is 3. The Kier molecular flexibility index (Phi) is 4.57. The summed E-state index contributed by atoms with van der Waals surface area (Å²) < 4.78 is 7.76. The van der Waals surface area contributed by atoms with Crippen molar-refractivity contribution in [1.29, 1.82) is 0 Å². The van der Waals surface area contributed by atoms with Gasteiger partial charge in [-0.05, 0) is 26.2 Å². The van der Waals surface area contributed by atoms with Crippen molar-refractivity contribution in [2.45, 2.75) is 45.2 Å². The second-order valence-corrected chi connectivity index (χ2v) is 6.98. The quantitative estimate of drug-likeness (QED) is 0.844. The molecule has 1 saturated heterocycles. The van der Waals surface area contributed by atoms with Crippen LogP contribution in [0.4, 0.5) is 0 Å². The smallest absolute Gasteiger partial charge is 0.274 e. The highest BCUT2D eigenvalue weighted by atomic mass is 16.5. The highest BCUT2D eigenvalue weighted by Crippen LogP contribution is 2.28. The van der Waals surface area contributed by atoms with Gasteiger partial charge in [-0.3, -0.25) is 4.79 Å². The van der Waals surface area contributed by atoms with Gasteiger partial charge >= 0.3 is 0 Å². The Hall–Kier alpha value is -2.14. The Balaban J connectivity index is 1.77. The van der Waals surface area contributed by atoms with Crippen molar-refractivity contribution in [3.8, 4) is 11.4 Å². The fraction of sp³-hybridized carbons (Fsp3) is 0.500. The minimum absolute atomic E-state index is 0.0589. The summed E-state index contributed by atoms with van der Waals surface area (Å²) in [5.74, 6) is 0.991. The number of rotatable bonds is 2. The van der Waals surface area contributed by atoms with Crippen LogP contribution in [0.25, 0.3) is 11.4 Å². The SMILES string of the molecule is CC1COCCN1C(=O)c1nc(-c2ccccc2)n2c1CCCCC2. The van der Waals surface area contributed by atoms with Crippen LogP contribution in [-0.2, 0) is 17.7 Å². The predicted molar refractivity (Wildman–Crippen MR) is 96.5 cm³/mol. The van der Waals surface area contributed by atoms with Gasteiger partial charge in [0.1, 0.15) is 11.5 Å². The second kappa shape index (κ2) is 7.00.